The SMILES string of the molecule is C#CC1CCN(CC2CCNCC2)CC1.Cl. The van der Waals surface area contributed by atoms with Crippen molar-refractivity contribution in [2.75, 3.05) is 32.7 Å². The molecule has 0 radical (unpaired) electrons. The van der Waals surface area contributed by atoms with Crippen molar-refractivity contribution in [1.29, 1.82) is 0 Å². The van der Waals surface area contributed by atoms with Gasteiger partial charge in [0.25, 0.3) is 0 Å². The van der Waals surface area contributed by atoms with E-state index in [2.05, 4.69) is 16.1 Å². The lowest BCUT2D eigenvalue weighted by molar-refractivity contribution is 0.163. The van der Waals surface area contributed by atoms with E-state index >= 15 is 0 Å². The van der Waals surface area contributed by atoms with Crippen molar-refractivity contribution >= 4 is 12.4 Å². The van der Waals surface area contributed by atoms with Crippen molar-refractivity contribution in [3.8, 4) is 12.3 Å². The number of hydrogen-bond acceptors (Lipinski definition) is 2. The van der Waals surface area contributed by atoms with E-state index in [1.807, 2.05) is 0 Å². The lowest BCUT2D eigenvalue weighted by atomic mass is 9.94. The van der Waals surface area contributed by atoms with Gasteiger partial charge in [-0.25, -0.2) is 0 Å². The summed E-state index contributed by atoms with van der Waals surface area (Å²) in [6.07, 6.45) is 10.6. The molecule has 3 heteroatoms. The Bertz CT molecular complexity index is 223. The average Bonchev–Trinajstić information content (AvgIpc) is 2.31. The maximum atomic E-state index is 5.46. The topological polar surface area (TPSA) is 15.3 Å². The van der Waals surface area contributed by atoms with Crippen LogP contribution in [-0.2, 0) is 0 Å². The van der Waals surface area contributed by atoms with Gasteiger partial charge in [0.1, 0.15) is 0 Å². The van der Waals surface area contributed by atoms with Gasteiger partial charge in [-0.1, -0.05) is 0 Å². The second-order valence-electron chi connectivity index (χ2n) is 4.93. The highest BCUT2D eigenvalue weighted by Crippen LogP contribution is 2.19. The zero-order valence-corrected chi connectivity index (χ0v) is 10.8. The fourth-order valence-electron chi connectivity index (χ4n) is 2.71. The predicted molar refractivity (Wildman–Crippen MR) is 70.8 cm³/mol. The minimum atomic E-state index is 0. The van der Waals surface area contributed by atoms with Crippen LogP contribution in [-0.4, -0.2) is 37.6 Å². The van der Waals surface area contributed by atoms with Gasteiger partial charge in [0.05, 0.1) is 0 Å². The molecule has 0 bridgehead atoms. The maximum absolute atomic E-state index is 5.46. The van der Waals surface area contributed by atoms with Crippen LogP contribution in [0.3, 0.4) is 0 Å². The number of terminal acetylenes is 1. The quantitative estimate of drug-likeness (QED) is 0.743. The first-order valence-corrected chi connectivity index (χ1v) is 6.27. The van der Waals surface area contributed by atoms with Crippen LogP contribution in [0.4, 0.5) is 0 Å². The summed E-state index contributed by atoms with van der Waals surface area (Å²) < 4.78 is 0. The van der Waals surface area contributed by atoms with Gasteiger partial charge >= 0.3 is 0 Å². The van der Waals surface area contributed by atoms with Crippen molar-refractivity contribution in [3.63, 3.8) is 0 Å². The standard InChI is InChI=1S/C13H22N2.ClH/c1-2-12-5-9-15(10-6-12)11-13-3-7-14-8-4-13;/h1,12-14H,3-11H2;1H. The lowest BCUT2D eigenvalue weighted by Gasteiger charge is -2.34. The van der Waals surface area contributed by atoms with Gasteiger partial charge < -0.3 is 10.2 Å². The minimum absolute atomic E-state index is 0. The fourth-order valence-corrected chi connectivity index (χ4v) is 2.71. The first kappa shape index (κ1) is 13.8. The third kappa shape index (κ3) is 3.97. The third-order valence-corrected chi connectivity index (χ3v) is 3.80. The van der Waals surface area contributed by atoms with Crippen molar-refractivity contribution < 1.29 is 0 Å². The molecule has 0 spiro atoms. The molecule has 1 N–H and O–H groups in total. The van der Waals surface area contributed by atoms with Crippen LogP contribution in [0, 0.1) is 24.2 Å². The Labute approximate surface area is 106 Å². The summed E-state index contributed by atoms with van der Waals surface area (Å²) in [5, 5.41) is 3.42. The molecule has 0 aromatic heterocycles. The number of hydrogen-bond donors (Lipinski definition) is 1. The van der Waals surface area contributed by atoms with Crippen LogP contribution in [0.1, 0.15) is 25.7 Å². The van der Waals surface area contributed by atoms with E-state index in [0.29, 0.717) is 5.92 Å². The van der Waals surface area contributed by atoms with Crippen LogP contribution in [0.5, 0.6) is 0 Å². The van der Waals surface area contributed by atoms with Crippen molar-refractivity contribution in [2.45, 2.75) is 25.7 Å². The number of nitrogens with one attached hydrogen (secondary N) is 1. The van der Waals surface area contributed by atoms with Gasteiger partial charge in [-0.3, -0.25) is 0 Å². The van der Waals surface area contributed by atoms with Crippen molar-refractivity contribution in [2.24, 2.45) is 11.8 Å². The van der Waals surface area contributed by atoms with Crippen LogP contribution in [0.2, 0.25) is 0 Å². The Morgan fingerprint density at radius 1 is 1.12 bits per heavy atom. The molecule has 0 saturated carbocycles. The molecule has 16 heavy (non-hydrogen) atoms. The molecule has 0 atom stereocenters. The lowest BCUT2D eigenvalue weighted by Crippen LogP contribution is -2.40. The summed E-state index contributed by atoms with van der Waals surface area (Å²) >= 11 is 0. The van der Waals surface area contributed by atoms with E-state index in [1.54, 1.807) is 0 Å². The molecule has 2 aliphatic heterocycles. The van der Waals surface area contributed by atoms with Gasteiger partial charge in [0.2, 0.25) is 0 Å². The summed E-state index contributed by atoms with van der Waals surface area (Å²) in [6.45, 7) is 6.17. The molecule has 2 rings (SSSR count). The van der Waals surface area contributed by atoms with Gasteiger partial charge in [0.15, 0.2) is 0 Å². The van der Waals surface area contributed by atoms with E-state index < -0.39 is 0 Å². The smallest absolute Gasteiger partial charge is 0.0224 e. The summed E-state index contributed by atoms with van der Waals surface area (Å²) in [5.41, 5.74) is 0. The molecule has 0 unspecified atom stereocenters. The normalized spacial score (nSPS) is 24.7. The Kier molecular flexibility index (Phi) is 6.20. The van der Waals surface area contributed by atoms with E-state index in [9.17, 15) is 0 Å². The van der Waals surface area contributed by atoms with Gasteiger partial charge in [-0.2, -0.15) is 0 Å². The Morgan fingerprint density at radius 3 is 2.31 bits per heavy atom. The summed E-state index contributed by atoms with van der Waals surface area (Å²) in [6, 6.07) is 0. The predicted octanol–water partition coefficient (Wildman–Crippen LogP) is 1.75. The molecule has 0 aliphatic carbocycles. The Balaban J connectivity index is 0.00000128. The zero-order chi connectivity index (χ0) is 10.5. The highest BCUT2D eigenvalue weighted by molar-refractivity contribution is 5.85. The molecule has 0 aromatic rings. The van der Waals surface area contributed by atoms with E-state index in [1.165, 1.54) is 58.4 Å². The zero-order valence-electron chi connectivity index (χ0n) is 9.95. The molecule has 2 fully saturated rings. The van der Waals surface area contributed by atoms with E-state index in [0.717, 1.165) is 5.92 Å². The van der Waals surface area contributed by atoms with Gasteiger partial charge in [0, 0.05) is 12.5 Å². The van der Waals surface area contributed by atoms with Gasteiger partial charge in [-0.15, -0.1) is 24.8 Å². The summed E-state index contributed by atoms with van der Waals surface area (Å²) in [5.74, 6) is 4.37. The highest BCUT2D eigenvalue weighted by Gasteiger charge is 2.21. The number of halogens is 1. The van der Waals surface area contributed by atoms with Crippen LogP contribution < -0.4 is 5.32 Å². The molecule has 2 heterocycles. The van der Waals surface area contributed by atoms with Crippen molar-refractivity contribution in [1.82, 2.24) is 10.2 Å². The molecule has 0 aromatic carbocycles. The molecule has 2 nitrogen and oxygen atoms in total. The number of nitrogens with zero attached hydrogens (tertiary/aromatic N) is 1. The monoisotopic (exact) mass is 242 g/mol. The number of piperidine rings is 2. The maximum Gasteiger partial charge on any atom is 0.0224 e. The van der Waals surface area contributed by atoms with E-state index in [4.69, 9.17) is 6.42 Å². The molecular formula is C13H23ClN2. The number of likely N-dealkylation sites (tertiary alicyclic amines) is 1. The van der Waals surface area contributed by atoms with Crippen molar-refractivity contribution in [3.05, 3.63) is 0 Å². The van der Waals surface area contributed by atoms with Crippen LogP contribution in [0.25, 0.3) is 0 Å². The molecular weight excluding hydrogens is 220 g/mol. The largest absolute Gasteiger partial charge is 0.317 e. The minimum Gasteiger partial charge on any atom is -0.317 e. The average molecular weight is 243 g/mol. The molecule has 92 valence electrons. The molecule has 2 saturated heterocycles. The third-order valence-electron chi connectivity index (χ3n) is 3.80. The van der Waals surface area contributed by atoms with Crippen LogP contribution in [0.15, 0.2) is 0 Å². The summed E-state index contributed by atoms with van der Waals surface area (Å²) in [7, 11) is 0. The highest BCUT2D eigenvalue weighted by atomic mass is 35.5. The first-order valence-electron chi connectivity index (χ1n) is 6.27. The first-order chi connectivity index (χ1) is 7.38. The second-order valence-corrected chi connectivity index (χ2v) is 4.93. The molecule has 0 amide bonds. The van der Waals surface area contributed by atoms with Crippen LogP contribution >= 0.6 is 12.4 Å². The van der Waals surface area contributed by atoms with Gasteiger partial charge in [-0.05, 0) is 57.8 Å². The Morgan fingerprint density at radius 2 is 1.75 bits per heavy atom. The summed E-state index contributed by atoms with van der Waals surface area (Å²) in [4.78, 5) is 2.61. The Hall–Kier alpha value is -0.230. The fraction of sp³-hybridized carbons (Fsp3) is 0.846. The van der Waals surface area contributed by atoms with E-state index in [-0.39, 0.29) is 12.4 Å². The molecule has 2 aliphatic rings. The second kappa shape index (κ2) is 7.17. The number of rotatable bonds is 2.